The molecule has 1 aliphatic carbocycles. The van der Waals surface area contributed by atoms with Crippen LogP contribution in [0.1, 0.15) is 30.9 Å². The molecule has 0 fully saturated rings. The molecule has 3 aromatic rings. The van der Waals surface area contributed by atoms with E-state index in [0.29, 0.717) is 37.1 Å². The fourth-order valence-electron chi connectivity index (χ4n) is 3.86. The Morgan fingerprint density at radius 2 is 1.94 bits per heavy atom. The molecule has 0 spiro atoms. The third kappa shape index (κ3) is 6.00. The summed E-state index contributed by atoms with van der Waals surface area (Å²) in [6.07, 6.45) is 9.96. The SMILES string of the molecule is CC1=CC(c2cccc(CCC(=O)NCCCNc3n[nH]c(=O)c4ccccc34)c2)=CC=C=C1. The average molecular weight is 453 g/mol. The maximum Gasteiger partial charge on any atom is 0.272 e. The molecule has 1 aromatic heterocycles. The molecule has 4 rings (SSSR count). The van der Waals surface area contributed by atoms with Gasteiger partial charge in [0.1, 0.15) is 0 Å². The van der Waals surface area contributed by atoms with Crippen LogP contribution in [0.5, 0.6) is 0 Å². The molecule has 2 aromatic carbocycles. The van der Waals surface area contributed by atoms with Crippen molar-refractivity contribution in [3.05, 3.63) is 106 Å². The number of anilines is 1. The van der Waals surface area contributed by atoms with Gasteiger partial charge in [-0.25, -0.2) is 5.10 Å². The van der Waals surface area contributed by atoms with Crippen molar-refractivity contribution in [3.8, 4) is 0 Å². The topological polar surface area (TPSA) is 86.9 Å². The molecule has 1 heterocycles. The highest BCUT2D eigenvalue weighted by molar-refractivity contribution is 5.90. The summed E-state index contributed by atoms with van der Waals surface area (Å²) in [6.45, 7) is 3.27. The Hall–Kier alpha value is -4.15. The van der Waals surface area contributed by atoms with Crippen molar-refractivity contribution in [2.75, 3.05) is 18.4 Å². The highest BCUT2D eigenvalue weighted by Gasteiger charge is 2.07. The number of allylic oxidation sites excluding steroid dienone is 5. The number of carbonyl (C=O) groups is 1. The van der Waals surface area contributed by atoms with E-state index in [0.717, 1.165) is 34.1 Å². The fourth-order valence-corrected chi connectivity index (χ4v) is 3.86. The van der Waals surface area contributed by atoms with Gasteiger partial charge in [-0.15, -0.1) is 5.73 Å². The number of hydrogen-bond donors (Lipinski definition) is 3. The number of nitrogens with zero attached hydrogens (tertiary/aromatic N) is 1. The van der Waals surface area contributed by atoms with Crippen LogP contribution in [0.4, 0.5) is 5.82 Å². The number of hydrogen-bond acceptors (Lipinski definition) is 4. The molecule has 0 unspecified atom stereocenters. The van der Waals surface area contributed by atoms with E-state index < -0.39 is 0 Å². The number of carbonyl (C=O) groups excluding carboxylic acids is 1. The molecule has 0 saturated heterocycles. The van der Waals surface area contributed by atoms with E-state index in [4.69, 9.17) is 0 Å². The third-order valence-electron chi connectivity index (χ3n) is 5.62. The minimum atomic E-state index is -0.203. The molecule has 34 heavy (non-hydrogen) atoms. The third-order valence-corrected chi connectivity index (χ3v) is 5.62. The molecule has 3 N–H and O–H groups in total. The van der Waals surface area contributed by atoms with Crippen molar-refractivity contribution in [2.24, 2.45) is 0 Å². The van der Waals surface area contributed by atoms with Crippen molar-refractivity contribution in [1.82, 2.24) is 15.5 Å². The Balaban J connectivity index is 1.22. The van der Waals surface area contributed by atoms with Gasteiger partial charge in [-0.3, -0.25) is 9.59 Å². The highest BCUT2D eigenvalue weighted by atomic mass is 16.1. The second-order valence-corrected chi connectivity index (χ2v) is 8.27. The molecule has 6 nitrogen and oxygen atoms in total. The van der Waals surface area contributed by atoms with Crippen LogP contribution in [0.25, 0.3) is 16.3 Å². The normalized spacial score (nSPS) is 12.7. The van der Waals surface area contributed by atoms with Gasteiger partial charge < -0.3 is 10.6 Å². The van der Waals surface area contributed by atoms with Gasteiger partial charge in [0, 0.05) is 24.9 Å². The molecule has 1 aliphatic rings. The van der Waals surface area contributed by atoms with Gasteiger partial charge in [-0.05, 0) is 66.3 Å². The molecular weight excluding hydrogens is 424 g/mol. The van der Waals surface area contributed by atoms with Crippen molar-refractivity contribution in [2.45, 2.75) is 26.2 Å². The number of aromatic nitrogens is 2. The standard InChI is InChI=1S/C28H28N4O2/c1-20-8-2-3-10-22(18-20)23-11-6-9-21(19-23)14-15-26(33)29-16-7-17-30-27-24-12-4-5-13-25(24)28(34)32-31-27/h3-6,8-13,18-19H,7,14-17H2,1H3,(H,29,33)(H,30,31)(H,32,34). The monoisotopic (exact) mass is 452 g/mol. The van der Waals surface area contributed by atoms with Crippen LogP contribution in [-0.4, -0.2) is 29.2 Å². The van der Waals surface area contributed by atoms with Crippen LogP contribution in [0.15, 0.2) is 88.9 Å². The zero-order valence-electron chi connectivity index (χ0n) is 19.2. The number of amides is 1. The molecule has 172 valence electrons. The number of aryl methyl sites for hydroxylation is 1. The van der Waals surface area contributed by atoms with E-state index in [1.54, 1.807) is 6.07 Å². The highest BCUT2D eigenvalue weighted by Crippen LogP contribution is 2.21. The number of benzene rings is 2. The van der Waals surface area contributed by atoms with Gasteiger partial charge in [0.05, 0.1) is 5.39 Å². The molecule has 6 heteroatoms. The van der Waals surface area contributed by atoms with Crippen molar-refractivity contribution in [3.63, 3.8) is 0 Å². The summed E-state index contributed by atoms with van der Waals surface area (Å²) in [6, 6.07) is 15.7. The predicted molar refractivity (Wildman–Crippen MR) is 138 cm³/mol. The summed E-state index contributed by atoms with van der Waals surface area (Å²) >= 11 is 0. The van der Waals surface area contributed by atoms with Crippen molar-refractivity contribution >= 4 is 28.1 Å². The van der Waals surface area contributed by atoms with Crippen LogP contribution < -0.4 is 16.2 Å². The number of nitrogens with one attached hydrogen (secondary N) is 3. The summed E-state index contributed by atoms with van der Waals surface area (Å²) in [4.78, 5) is 24.2. The summed E-state index contributed by atoms with van der Waals surface area (Å²) in [5.74, 6) is 0.677. The van der Waals surface area contributed by atoms with Gasteiger partial charge >= 0.3 is 0 Å². The van der Waals surface area contributed by atoms with Crippen molar-refractivity contribution in [1.29, 1.82) is 0 Å². The van der Waals surface area contributed by atoms with Crippen LogP contribution >= 0.6 is 0 Å². The van der Waals surface area contributed by atoms with Gasteiger partial charge in [-0.1, -0.05) is 48.5 Å². The maximum absolute atomic E-state index is 12.3. The van der Waals surface area contributed by atoms with Crippen LogP contribution in [-0.2, 0) is 11.2 Å². The zero-order valence-corrected chi connectivity index (χ0v) is 19.2. The molecular formula is C28H28N4O2. The minimum absolute atomic E-state index is 0.0366. The van der Waals surface area contributed by atoms with E-state index in [-0.39, 0.29) is 11.5 Å². The predicted octanol–water partition coefficient (Wildman–Crippen LogP) is 4.53. The Bertz CT molecular complexity index is 1370. The lowest BCUT2D eigenvalue weighted by atomic mass is 9.99. The molecule has 0 atom stereocenters. The number of aromatic amines is 1. The molecule has 0 radical (unpaired) electrons. The van der Waals surface area contributed by atoms with Gasteiger partial charge in [0.15, 0.2) is 5.82 Å². The van der Waals surface area contributed by atoms with E-state index in [2.05, 4.69) is 63.8 Å². The second-order valence-electron chi connectivity index (χ2n) is 8.27. The Kier molecular flexibility index (Phi) is 7.53. The first kappa shape index (κ1) is 23.0. The Labute approximate surface area is 198 Å². The summed E-state index contributed by atoms with van der Waals surface area (Å²) < 4.78 is 0. The zero-order chi connectivity index (χ0) is 23.8. The minimum Gasteiger partial charge on any atom is -0.368 e. The van der Waals surface area contributed by atoms with Gasteiger partial charge in [0.2, 0.25) is 5.91 Å². The van der Waals surface area contributed by atoms with Gasteiger partial charge in [-0.2, -0.15) is 5.10 Å². The van der Waals surface area contributed by atoms with E-state index in [1.807, 2.05) is 36.4 Å². The van der Waals surface area contributed by atoms with Crippen molar-refractivity contribution < 1.29 is 4.79 Å². The summed E-state index contributed by atoms with van der Waals surface area (Å²) in [7, 11) is 0. The number of H-pyrrole nitrogens is 1. The van der Waals surface area contributed by atoms with Crippen LogP contribution in [0.3, 0.4) is 0 Å². The van der Waals surface area contributed by atoms with E-state index in [1.165, 1.54) is 0 Å². The lowest BCUT2D eigenvalue weighted by Crippen LogP contribution is -2.26. The largest absolute Gasteiger partial charge is 0.368 e. The second kappa shape index (κ2) is 11.1. The average Bonchev–Trinajstić information content (AvgIpc) is 3.08. The molecule has 0 aliphatic heterocycles. The lowest BCUT2D eigenvalue weighted by Gasteiger charge is -2.09. The summed E-state index contributed by atoms with van der Waals surface area (Å²) in [5, 5.41) is 14.2. The first-order valence-corrected chi connectivity index (χ1v) is 11.5. The van der Waals surface area contributed by atoms with Gasteiger partial charge in [0.25, 0.3) is 5.56 Å². The van der Waals surface area contributed by atoms with E-state index >= 15 is 0 Å². The fraction of sp³-hybridized carbons (Fsp3) is 0.214. The van der Waals surface area contributed by atoms with E-state index in [9.17, 15) is 9.59 Å². The first-order valence-electron chi connectivity index (χ1n) is 11.5. The Morgan fingerprint density at radius 1 is 1.09 bits per heavy atom. The van der Waals surface area contributed by atoms with Crippen LogP contribution in [0, 0.1) is 0 Å². The summed E-state index contributed by atoms with van der Waals surface area (Å²) in [5.41, 5.74) is 7.50. The maximum atomic E-state index is 12.3. The lowest BCUT2D eigenvalue weighted by molar-refractivity contribution is -0.121. The quantitative estimate of drug-likeness (QED) is 0.329. The first-order chi connectivity index (χ1) is 16.6. The molecule has 1 amide bonds. The molecule has 0 saturated carbocycles. The number of rotatable bonds is 9. The van der Waals surface area contributed by atoms with Crippen LogP contribution in [0.2, 0.25) is 0 Å². The number of fused-ring (bicyclic) bond motifs is 1. The Morgan fingerprint density at radius 3 is 2.82 bits per heavy atom. The molecule has 0 bridgehead atoms. The smallest absolute Gasteiger partial charge is 0.272 e.